The molecule has 1 N–H and O–H groups in total. The molecule has 10 heteroatoms. The number of fused-ring (bicyclic) bond motifs is 1. The van der Waals surface area contributed by atoms with Gasteiger partial charge < -0.3 is 9.51 Å². The summed E-state index contributed by atoms with van der Waals surface area (Å²) in [6.07, 6.45) is 10.8. The highest BCUT2D eigenvalue weighted by molar-refractivity contribution is 6.28. The maximum atomic E-state index is 13.3. The molecule has 0 atom stereocenters. The number of aliphatic imine (C=N–C) groups is 1. The van der Waals surface area contributed by atoms with Gasteiger partial charge in [0.2, 0.25) is 17.0 Å². The van der Waals surface area contributed by atoms with Gasteiger partial charge in [-0.05, 0) is 44.2 Å². The molecule has 3 rings (SSSR count). The van der Waals surface area contributed by atoms with Crippen LogP contribution < -0.4 is 4.90 Å². The molecule has 0 spiro atoms. The Labute approximate surface area is 198 Å². The van der Waals surface area contributed by atoms with Gasteiger partial charge in [0, 0.05) is 25.7 Å². The number of hydrogen-bond acceptors (Lipinski definition) is 6. The molecule has 1 aliphatic rings. The Morgan fingerprint density at radius 3 is 2.76 bits per heavy atom. The number of carbonyl (C=O) groups excluding carboxylic acids is 1. The molecule has 3 heterocycles. The number of urea groups is 1. The average Bonchev–Trinajstić information content (AvgIpc) is 3.43. The van der Waals surface area contributed by atoms with Crippen molar-refractivity contribution in [1.82, 2.24) is 25.0 Å². The first-order valence-corrected chi connectivity index (χ1v) is 11.6. The molecular weight excluding hydrogens is 442 g/mol. The van der Waals surface area contributed by atoms with Gasteiger partial charge in [0.15, 0.2) is 5.82 Å². The van der Waals surface area contributed by atoms with Gasteiger partial charge in [-0.3, -0.25) is 14.8 Å². The van der Waals surface area contributed by atoms with Gasteiger partial charge in [-0.15, -0.1) is 0 Å². The van der Waals surface area contributed by atoms with Gasteiger partial charge in [-0.25, -0.2) is 4.79 Å². The van der Waals surface area contributed by atoms with E-state index in [1.54, 1.807) is 22.1 Å². The highest BCUT2D eigenvalue weighted by Crippen LogP contribution is 2.36. The number of allylic oxidation sites excluding steroid dienone is 3. The van der Waals surface area contributed by atoms with Gasteiger partial charge in [-0.1, -0.05) is 43.8 Å². The highest BCUT2D eigenvalue weighted by Gasteiger charge is 2.36. The second-order valence-corrected chi connectivity index (χ2v) is 7.82. The fourth-order valence-corrected chi connectivity index (χ4v) is 3.81. The molecule has 33 heavy (non-hydrogen) atoms. The van der Waals surface area contributed by atoms with E-state index in [2.05, 4.69) is 31.7 Å². The third kappa shape index (κ3) is 5.60. The predicted molar refractivity (Wildman–Crippen MR) is 131 cm³/mol. The molecule has 2 aromatic heterocycles. The predicted octanol–water partition coefficient (Wildman–Crippen LogP) is 5.49. The third-order valence-corrected chi connectivity index (χ3v) is 5.26. The molecule has 0 radical (unpaired) electrons. The van der Waals surface area contributed by atoms with E-state index in [0.717, 1.165) is 37.1 Å². The van der Waals surface area contributed by atoms with Gasteiger partial charge in [0.25, 0.3) is 0 Å². The third-order valence-electron chi connectivity index (χ3n) is 5.08. The number of rotatable bonds is 11. The lowest BCUT2D eigenvalue weighted by molar-refractivity contribution is 0.221. The summed E-state index contributed by atoms with van der Waals surface area (Å²) in [5.74, 6) is 1.59. The zero-order valence-corrected chi connectivity index (χ0v) is 20.1. The summed E-state index contributed by atoms with van der Waals surface area (Å²) < 4.78 is 5.37. The number of nitrogens with zero attached hydrogens (tertiary/aromatic N) is 6. The number of unbranched alkanes of at least 4 members (excludes halogenated alkanes) is 1. The van der Waals surface area contributed by atoms with Crippen LogP contribution in [0.3, 0.4) is 0 Å². The van der Waals surface area contributed by atoms with E-state index in [9.17, 15) is 4.79 Å². The number of halogens is 1. The number of H-pyrrole nitrogens is 1. The second kappa shape index (κ2) is 11.6. The van der Waals surface area contributed by atoms with Crippen LogP contribution >= 0.6 is 11.6 Å². The number of hydrogen-bond donors (Lipinski definition) is 1. The quantitative estimate of drug-likeness (QED) is 0.344. The maximum absolute atomic E-state index is 13.3. The topological polar surface area (TPSA) is 104 Å². The first kappa shape index (κ1) is 24.4. The number of aryl methyl sites for hydroxylation is 1. The molecule has 0 saturated heterocycles. The van der Waals surface area contributed by atoms with Crippen LogP contribution in [0.25, 0.3) is 11.4 Å². The molecule has 2 amide bonds. The maximum Gasteiger partial charge on any atom is 0.330 e. The molecular formula is C23H30ClN7O2. The van der Waals surface area contributed by atoms with Crippen molar-refractivity contribution < 1.29 is 9.32 Å². The van der Waals surface area contributed by atoms with Crippen LogP contribution in [-0.2, 0) is 6.42 Å². The Morgan fingerprint density at radius 1 is 1.24 bits per heavy atom. The fourth-order valence-electron chi connectivity index (χ4n) is 3.63. The van der Waals surface area contributed by atoms with Crippen LogP contribution in [0, 0.1) is 0 Å². The Morgan fingerprint density at radius 2 is 2.06 bits per heavy atom. The molecule has 0 saturated carbocycles. The number of aromatic nitrogens is 4. The number of anilines is 1. The number of aromatic amines is 1. The molecule has 0 bridgehead atoms. The smallest absolute Gasteiger partial charge is 0.330 e. The Kier molecular flexibility index (Phi) is 8.59. The Bertz CT molecular complexity index is 1070. The molecule has 176 valence electrons. The standard InChI is InChI=1S/C23H30ClN7O2/c1-5-11-17-19-21(28-22(24)27-19)31(14-7-3)23(32)30(17)15-10-9-12-18-26-20(29-33-18)16(8-4)25-13-6-2/h6,8,11,13H,2,5,7,9-10,12,14-15H2,1,3-4H3,(H,27,28)/b16-8-,17-11?,25-13?. The largest absolute Gasteiger partial charge is 0.339 e. The van der Waals surface area contributed by atoms with Gasteiger partial charge in [0.1, 0.15) is 11.4 Å². The summed E-state index contributed by atoms with van der Waals surface area (Å²) in [7, 11) is 0. The first-order valence-electron chi connectivity index (χ1n) is 11.2. The van der Waals surface area contributed by atoms with E-state index >= 15 is 0 Å². The molecule has 0 aromatic carbocycles. The van der Waals surface area contributed by atoms with Crippen molar-refractivity contribution in [3.8, 4) is 0 Å². The van der Waals surface area contributed by atoms with E-state index in [4.69, 9.17) is 16.1 Å². The lowest BCUT2D eigenvalue weighted by Crippen LogP contribution is -2.47. The van der Waals surface area contributed by atoms with Crippen LogP contribution in [0.15, 0.2) is 34.3 Å². The van der Waals surface area contributed by atoms with Crippen LogP contribution in [0.4, 0.5) is 10.6 Å². The number of amides is 2. The molecule has 2 aromatic rings. The summed E-state index contributed by atoms with van der Waals surface area (Å²) >= 11 is 6.14. The Hall–Kier alpha value is -3.20. The van der Waals surface area contributed by atoms with Gasteiger partial charge in [-0.2, -0.15) is 9.97 Å². The van der Waals surface area contributed by atoms with E-state index in [0.29, 0.717) is 42.7 Å². The van der Waals surface area contributed by atoms with Crippen molar-refractivity contribution in [2.45, 2.75) is 52.9 Å². The van der Waals surface area contributed by atoms with Gasteiger partial charge >= 0.3 is 6.03 Å². The minimum atomic E-state index is -0.0786. The van der Waals surface area contributed by atoms with Crippen molar-refractivity contribution in [3.05, 3.63) is 47.5 Å². The molecule has 0 unspecified atom stereocenters. The minimum Gasteiger partial charge on any atom is -0.339 e. The lowest BCUT2D eigenvalue weighted by Gasteiger charge is -2.36. The fraction of sp³-hybridized carbons (Fsp3) is 0.435. The lowest BCUT2D eigenvalue weighted by atomic mass is 10.1. The van der Waals surface area contributed by atoms with Crippen molar-refractivity contribution in [1.29, 1.82) is 0 Å². The SMILES string of the molecule is C=CC=N/C(=C\C)c1noc(CCCCN2C(=O)N(CCC)c3nc(Cl)[nH]c3C2=CCC)n1. The Balaban J connectivity index is 1.67. The molecule has 9 nitrogen and oxygen atoms in total. The zero-order chi connectivity index (χ0) is 23.8. The van der Waals surface area contributed by atoms with E-state index < -0.39 is 0 Å². The van der Waals surface area contributed by atoms with Crippen molar-refractivity contribution in [2.75, 3.05) is 18.0 Å². The van der Waals surface area contributed by atoms with Gasteiger partial charge in [0.05, 0.1) is 5.70 Å². The number of imidazole rings is 1. The normalized spacial score (nSPS) is 15.7. The highest BCUT2D eigenvalue weighted by atomic mass is 35.5. The van der Waals surface area contributed by atoms with Crippen LogP contribution in [-0.4, -0.2) is 50.3 Å². The summed E-state index contributed by atoms with van der Waals surface area (Å²) in [4.78, 5) is 32.9. The zero-order valence-electron chi connectivity index (χ0n) is 19.3. The summed E-state index contributed by atoms with van der Waals surface area (Å²) in [6.45, 7) is 10.7. The average molecular weight is 472 g/mol. The number of nitrogens with one attached hydrogen (secondary N) is 1. The van der Waals surface area contributed by atoms with Crippen LogP contribution in [0.5, 0.6) is 0 Å². The minimum absolute atomic E-state index is 0.0786. The monoisotopic (exact) mass is 471 g/mol. The first-order chi connectivity index (χ1) is 16.0. The van der Waals surface area contributed by atoms with E-state index in [1.165, 1.54) is 0 Å². The van der Waals surface area contributed by atoms with E-state index in [-0.39, 0.29) is 11.3 Å². The van der Waals surface area contributed by atoms with Crippen LogP contribution in [0.2, 0.25) is 5.28 Å². The van der Waals surface area contributed by atoms with Crippen molar-refractivity contribution in [3.63, 3.8) is 0 Å². The second-order valence-electron chi connectivity index (χ2n) is 7.47. The van der Waals surface area contributed by atoms with Crippen LogP contribution in [0.1, 0.15) is 63.9 Å². The number of carbonyl (C=O) groups is 1. The molecule has 0 fully saturated rings. The summed E-state index contributed by atoms with van der Waals surface area (Å²) in [6, 6.07) is -0.0786. The van der Waals surface area contributed by atoms with Crippen molar-refractivity contribution >= 4 is 41.1 Å². The van der Waals surface area contributed by atoms with Crippen molar-refractivity contribution in [2.24, 2.45) is 4.99 Å². The van der Waals surface area contributed by atoms with E-state index in [1.807, 2.05) is 32.9 Å². The molecule has 1 aliphatic heterocycles. The summed E-state index contributed by atoms with van der Waals surface area (Å²) in [5.41, 5.74) is 2.24. The molecule has 0 aliphatic carbocycles. The summed E-state index contributed by atoms with van der Waals surface area (Å²) in [5, 5.41) is 4.29.